The number of carbonyl (C=O) groups excluding carboxylic acids is 1. The molecule has 0 saturated carbocycles. The second kappa shape index (κ2) is 7.84. The molecule has 3 aromatic rings. The number of aryl methyl sites for hydroxylation is 1. The molecule has 1 amide bonds. The molecule has 0 saturated heterocycles. The predicted octanol–water partition coefficient (Wildman–Crippen LogP) is 4.44. The van der Waals surface area contributed by atoms with Gasteiger partial charge >= 0.3 is 0 Å². The van der Waals surface area contributed by atoms with Crippen LogP contribution in [0.4, 0.5) is 17.3 Å². The highest BCUT2D eigenvalue weighted by Crippen LogP contribution is 2.22. The van der Waals surface area contributed by atoms with Crippen molar-refractivity contribution in [3.63, 3.8) is 0 Å². The van der Waals surface area contributed by atoms with Crippen LogP contribution in [-0.4, -0.2) is 23.0 Å². The lowest BCUT2D eigenvalue weighted by molar-refractivity contribution is 0.102. The molecule has 7 heteroatoms. The van der Waals surface area contributed by atoms with Crippen molar-refractivity contribution in [2.45, 2.75) is 6.92 Å². The number of rotatable bonds is 5. The Labute approximate surface area is 156 Å². The third-order valence-electron chi connectivity index (χ3n) is 3.66. The number of carbonyl (C=O) groups is 1. The highest BCUT2D eigenvalue weighted by atomic mass is 35.5. The Morgan fingerprint density at radius 3 is 2.50 bits per heavy atom. The lowest BCUT2D eigenvalue weighted by atomic mass is 10.2. The number of hydrogen-bond donors (Lipinski definition) is 2. The molecule has 0 aliphatic rings. The molecule has 0 aliphatic carbocycles. The Hall–Kier alpha value is -3.12. The van der Waals surface area contributed by atoms with E-state index in [1.54, 1.807) is 43.5 Å². The van der Waals surface area contributed by atoms with Crippen molar-refractivity contribution in [2.75, 3.05) is 17.7 Å². The Kier molecular flexibility index (Phi) is 5.34. The van der Waals surface area contributed by atoms with Crippen LogP contribution >= 0.6 is 11.6 Å². The van der Waals surface area contributed by atoms with Crippen molar-refractivity contribution >= 4 is 34.8 Å². The highest BCUT2D eigenvalue weighted by Gasteiger charge is 2.10. The first-order valence-electron chi connectivity index (χ1n) is 7.87. The van der Waals surface area contributed by atoms with Gasteiger partial charge in [0.1, 0.15) is 11.4 Å². The van der Waals surface area contributed by atoms with Crippen molar-refractivity contribution in [2.24, 2.45) is 0 Å². The van der Waals surface area contributed by atoms with Gasteiger partial charge in [-0.25, -0.2) is 9.97 Å². The van der Waals surface area contributed by atoms with Gasteiger partial charge in [-0.05, 0) is 55.0 Å². The van der Waals surface area contributed by atoms with Gasteiger partial charge in [-0.3, -0.25) is 4.79 Å². The number of halogens is 1. The minimum atomic E-state index is -0.331. The van der Waals surface area contributed by atoms with E-state index < -0.39 is 0 Å². The summed E-state index contributed by atoms with van der Waals surface area (Å²) < 4.78 is 5.10. The van der Waals surface area contributed by atoms with E-state index in [-0.39, 0.29) is 11.6 Å². The van der Waals surface area contributed by atoms with Crippen LogP contribution in [0.15, 0.2) is 54.7 Å². The molecule has 0 spiro atoms. The summed E-state index contributed by atoms with van der Waals surface area (Å²) in [5, 5.41) is 6.47. The Bertz CT molecular complexity index is 929. The Balaban J connectivity index is 1.73. The lowest BCUT2D eigenvalue weighted by Gasteiger charge is -2.09. The van der Waals surface area contributed by atoms with E-state index in [4.69, 9.17) is 16.3 Å². The molecule has 1 heterocycles. The Morgan fingerprint density at radius 1 is 1.08 bits per heavy atom. The zero-order valence-electron chi connectivity index (χ0n) is 14.3. The lowest BCUT2D eigenvalue weighted by Crippen LogP contribution is -2.14. The van der Waals surface area contributed by atoms with Gasteiger partial charge in [-0.1, -0.05) is 17.7 Å². The first-order valence-corrected chi connectivity index (χ1v) is 8.24. The SMILES string of the molecule is COc1ccc(NC(=O)c2ccnc(Nc3ccc(C)c(Cl)c3)n2)cc1. The van der Waals surface area contributed by atoms with Crippen LogP contribution in [0.2, 0.25) is 5.02 Å². The van der Waals surface area contributed by atoms with E-state index in [9.17, 15) is 4.79 Å². The minimum Gasteiger partial charge on any atom is -0.497 e. The van der Waals surface area contributed by atoms with Gasteiger partial charge in [0.15, 0.2) is 0 Å². The van der Waals surface area contributed by atoms with Gasteiger partial charge < -0.3 is 15.4 Å². The Morgan fingerprint density at radius 2 is 1.81 bits per heavy atom. The van der Waals surface area contributed by atoms with Crippen LogP contribution in [0.25, 0.3) is 0 Å². The second-order valence-electron chi connectivity index (χ2n) is 5.54. The van der Waals surface area contributed by atoms with Crippen LogP contribution in [0, 0.1) is 6.92 Å². The van der Waals surface area contributed by atoms with Crippen molar-refractivity contribution in [1.82, 2.24) is 9.97 Å². The number of benzene rings is 2. The molecular weight excluding hydrogens is 352 g/mol. The monoisotopic (exact) mass is 368 g/mol. The molecule has 26 heavy (non-hydrogen) atoms. The average Bonchev–Trinajstić information content (AvgIpc) is 2.65. The number of anilines is 3. The van der Waals surface area contributed by atoms with E-state index in [2.05, 4.69) is 20.6 Å². The molecule has 1 aromatic heterocycles. The zero-order valence-corrected chi connectivity index (χ0v) is 15.0. The summed E-state index contributed by atoms with van der Waals surface area (Å²) in [5.41, 5.74) is 2.62. The third kappa shape index (κ3) is 4.29. The topological polar surface area (TPSA) is 76.1 Å². The van der Waals surface area contributed by atoms with Crippen LogP contribution in [-0.2, 0) is 0 Å². The second-order valence-corrected chi connectivity index (χ2v) is 5.94. The van der Waals surface area contributed by atoms with Gasteiger partial charge in [0.2, 0.25) is 5.95 Å². The van der Waals surface area contributed by atoms with E-state index in [0.29, 0.717) is 22.4 Å². The van der Waals surface area contributed by atoms with E-state index in [0.717, 1.165) is 11.3 Å². The molecule has 0 radical (unpaired) electrons. The standard InChI is InChI=1S/C19H17ClN4O2/c1-12-3-4-14(11-16(12)20)23-19-21-10-9-17(24-19)18(25)22-13-5-7-15(26-2)8-6-13/h3-11H,1-2H3,(H,22,25)(H,21,23,24). The number of hydrogen-bond acceptors (Lipinski definition) is 5. The van der Waals surface area contributed by atoms with Gasteiger partial charge in [0, 0.05) is 22.6 Å². The van der Waals surface area contributed by atoms with Gasteiger partial charge in [-0.15, -0.1) is 0 Å². The van der Waals surface area contributed by atoms with E-state index >= 15 is 0 Å². The highest BCUT2D eigenvalue weighted by molar-refractivity contribution is 6.31. The summed E-state index contributed by atoms with van der Waals surface area (Å²) in [6, 6.07) is 14.1. The van der Waals surface area contributed by atoms with Gasteiger partial charge in [-0.2, -0.15) is 0 Å². The summed E-state index contributed by atoms with van der Waals surface area (Å²) >= 11 is 6.12. The maximum atomic E-state index is 12.4. The number of amides is 1. The fourth-order valence-electron chi connectivity index (χ4n) is 2.21. The number of methoxy groups -OCH3 is 1. The average molecular weight is 369 g/mol. The largest absolute Gasteiger partial charge is 0.497 e. The smallest absolute Gasteiger partial charge is 0.274 e. The first-order chi connectivity index (χ1) is 12.5. The fourth-order valence-corrected chi connectivity index (χ4v) is 2.40. The maximum absolute atomic E-state index is 12.4. The molecular formula is C19H17ClN4O2. The zero-order chi connectivity index (χ0) is 18.5. The predicted molar refractivity (Wildman–Crippen MR) is 102 cm³/mol. The molecule has 0 unspecified atom stereocenters. The summed E-state index contributed by atoms with van der Waals surface area (Å²) in [7, 11) is 1.59. The summed E-state index contributed by atoms with van der Waals surface area (Å²) in [4.78, 5) is 20.8. The van der Waals surface area contributed by atoms with E-state index in [1.807, 2.05) is 19.1 Å². The summed E-state index contributed by atoms with van der Waals surface area (Å²) in [5.74, 6) is 0.697. The van der Waals surface area contributed by atoms with Crippen LogP contribution < -0.4 is 15.4 Å². The van der Waals surface area contributed by atoms with Crippen molar-refractivity contribution in [1.29, 1.82) is 0 Å². The molecule has 0 fully saturated rings. The van der Waals surface area contributed by atoms with Crippen molar-refractivity contribution in [3.05, 3.63) is 71.0 Å². The molecule has 0 aliphatic heterocycles. The van der Waals surface area contributed by atoms with Crippen LogP contribution in [0.5, 0.6) is 5.75 Å². The van der Waals surface area contributed by atoms with Gasteiger partial charge in [0.05, 0.1) is 7.11 Å². The summed E-state index contributed by atoms with van der Waals surface area (Å²) in [6.07, 6.45) is 1.52. The molecule has 132 valence electrons. The fraction of sp³-hybridized carbons (Fsp3) is 0.105. The number of aromatic nitrogens is 2. The molecule has 2 aromatic carbocycles. The number of nitrogens with zero attached hydrogens (tertiary/aromatic N) is 2. The normalized spacial score (nSPS) is 10.3. The summed E-state index contributed by atoms with van der Waals surface area (Å²) in [6.45, 7) is 1.92. The van der Waals surface area contributed by atoms with Crippen LogP contribution in [0.3, 0.4) is 0 Å². The molecule has 0 bridgehead atoms. The van der Waals surface area contributed by atoms with Crippen molar-refractivity contribution < 1.29 is 9.53 Å². The maximum Gasteiger partial charge on any atom is 0.274 e. The third-order valence-corrected chi connectivity index (χ3v) is 4.07. The van der Waals surface area contributed by atoms with E-state index in [1.165, 1.54) is 6.20 Å². The van der Waals surface area contributed by atoms with Crippen molar-refractivity contribution in [3.8, 4) is 5.75 Å². The quantitative estimate of drug-likeness (QED) is 0.696. The number of nitrogens with one attached hydrogen (secondary N) is 2. The molecule has 6 nitrogen and oxygen atoms in total. The molecule has 2 N–H and O–H groups in total. The van der Waals surface area contributed by atoms with Crippen LogP contribution in [0.1, 0.15) is 16.1 Å². The number of ether oxygens (including phenoxy) is 1. The first kappa shape index (κ1) is 17.7. The minimum absolute atomic E-state index is 0.247. The molecule has 0 atom stereocenters. The molecule has 3 rings (SSSR count). The van der Waals surface area contributed by atoms with Gasteiger partial charge in [0.25, 0.3) is 5.91 Å².